The van der Waals surface area contributed by atoms with Gasteiger partial charge in [-0.05, 0) is 39.7 Å². The molecule has 0 fully saturated rings. The molecule has 1 amide bonds. The molecular formula is C16H12BrClN2O. The Morgan fingerprint density at radius 2 is 1.95 bits per heavy atom. The molecule has 0 aliphatic rings. The number of benzene rings is 2. The molecule has 0 aromatic heterocycles. The quantitative estimate of drug-likeness (QED) is 0.762. The second kappa shape index (κ2) is 7.26. The lowest BCUT2D eigenvalue weighted by atomic mass is 10.1. The fourth-order valence-electron chi connectivity index (χ4n) is 1.92. The predicted molar refractivity (Wildman–Crippen MR) is 85.9 cm³/mol. The smallest absolute Gasteiger partial charge is 0.256 e. The standard InChI is InChI=1S/C16H12BrClN2O/c17-15-10-13(18)6-7-14(15)16(21)20(9-8-19)11-12-4-2-1-3-5-12/h1-7,10H,9,11H2. The maximum absolute atomic E-state index is 12.6. The van der Waals surface area contributed by atoms with E-state index in [0.717, 1.165) is 5.56 Å². The van der Waals surface area contributed by atoms with Gasteiger partial charge in [-0.1, -0.05) is 41.9 Å². The van der Waals surface area contributed by atoms with Gasteiger partial charge in [0.05, 0.1) is 11.6 Å². The molecule has 0 saturated heterocycles. The Bertz CT molecular complexity index is 682. The Balaban J connectivity index is 2.25. The Hall–Kier alpha value is -1.83. The number of carbonyl (C=O) groups excluding carboxylic acids is 1. The monoisotopic (exact) mass is 362 g/mol. The van der Waals surface area contributed by atoms with Crippen LogP contribution in [0, 0.1) is 11.3 Å². The fourth-order valence-corrected chi connectivity index (χ4v) is 2.77. The third-order valence-electron chi connectivity index (χ3n) is 2.93. The van der Waals surface area contributed by atoms with Crippen LogP contribution in [0.2, 0.25) is 5.02 Å². The van der Waals surface area contributed by atoms with E-state index in [2.05, 4.69) is 15.9 Å². The number of nitrogens with zero attached hydrogens (tertiary/aromatic N) is 2. The van der Waals surface area contributed by atoms with Crippen LogP contribution in [0.4, 0.5) is 0 Å². The van der Waals surface area contributed by atoms with Gasteiger partial charge in [-0.25, -0.2) is 0 Å². The van der Waals surface area contributed by atoms with Gasteiger partial charge in [-0.15, -0.1) is 0 Å². The van der Waals surface area contributed by atoms with Crippen molar-refractivity contribution in [3.63, 3.8) is 0 Å². The van der Waals surface area contributed by atoms with Gasteiger partial charge < -0.3 is 4.90 Å². The molecule has 21 heavy (non-hydrogen) atoms. The van der Waals surface area contributed by atoms with Gasteiger partial charge in [-0.2, -0.15) is 5.26 Å². The van der Waals surface area contributed by atoms with Crippen LogP contribution >= 0.6 is 27.5 Å². The second-order valence-electron chi connectivity index (χ2n) is 4.43. The van der Waals surface area contributed by atoms with Crippen LogP contribution in [-0.4, -0.2) is 17.4 Å². The first-order chi connectivity index (χ1) is 10.1. The van der Waals surface area contributed by atoms with Gasteiger partial charge in [0.25, 0.3) is 5.91 Å². The average molecular weight is 364 g/mol. The normalized spacial score (nSPS) is 9.95. The lowest BCUT2D eigenvalue weighted by Gasteiger charge is -2.20. The third kappa shape index (κ3) is 4.07. The highest BCUT2D eigenvalue weighted by Gasteiger charge is 2.18. The van der Waals surface area contributed by atoms with E-state index in [1.54, 1.807) is 18.2 Å². The molecule has 0 heterocycles. The van der Waals surface area contributed by atoms with E-state index >= 15 is 0 Å². The number of amides is 1. The zero-order chi connectivity index (χ0) is 15.2. The summed E-state index contributed by atoms with van der Waals surface area (Å²) < 4.78 is 0.621. The minimum atomic E-state index is -0.205. The summed E-state index contributed by atoms with van der Waals surface area (Å²) in [6.45, 7) is 0.422. The Morgan fingerprint density at radius 1 is 1.24 bits per heavy atom. The average Bonchev–Trinajstić information content (AvgIpc) is 2.47. The first-order valence-electron chi connectivity index (χ1n) is 6.27. The van der Waals surface area contributed by atoms with Crippen molar-refractivity contribution in [2.45, 2.75) is 6.54 Å². The van der Waals surface area contributed by atoms with E-state index in [1.807, 2.05) is 36.4 Å². The summed E-state index contributed by atoms with van der Waals surface area (Å²) in [6.07, 6.45) is 0. The largest absolute Gasteiger partial charge is 0.321 e. The lowest BCUT2D eigenvalue weighted by Crippen LogP contribution is -2.31. The van der Waals surface area contributed by atoms with Crippen molar-refractivity contribution in [2.24, 2.45) is 0 Å². The van der Waals surface area contributed by atoms with Crippen molar-refractivity contribution >= 4 is 33.4 Å². The van der Waals surface area contributed by atoms with Gasteiger partial charge in [0.15, 0.2) is 0 Å². The van der Waals surface area contributed by atoms with Gasteiger partial charge in [-0.3, -0.25) is 4.79 Å². The van der Waals surface area contributed by atoms with Crippen molar-refractivity contribution in [1.82, 2.24) is 4.90 Å². The molecule has 0 spiro atoms. The van der Waals surface area contributed by atoms with E-state index in [4.69, 9.17) is 16.9 Å². The highest BCUT2D eigenvalue weighted by Crippen LogP contribution is 2.23. The molecule has 0 bridgehead atoms. The maximum atomic E-state index is 12.6. The molecule has 0 saturated carbocycles. The third-order valence-corrected chi connectivity index (χ3v) is 3.82. The van der Waals surface area contributed by atoms with Crippen molar-refractivity contribution in [2.75, 3.05) is 6.54 Å². The number of rotatable bonds is 4. The van der Waals surface area contributed by atoms with Crippen molar-refractivity contribution < 1.29 is 4.79 Å². The zero-order valence-corrected chi connectivity index (χ0v) is 13.4. The predicted octanol–water partition coefficient (Wildman–Crippen LogP) is 4.27. The fraction of sp³-hybridized carbons (Fsp3) is 0.125. The summed E-state index contributed by atoms with van der Waals surface area (Å²) in [4.78, 5) is 14.1. The lowest BCUT2D eigenvalue weighted by molar-refractivity contribution is 0.0764. The van der Waals surface area contributed by atoms with E-state index < -0.39 is 0 Å². The summed E-state index contributed by atoms with van der Waals surface area (Å²) in [5, 5.41) is 9.50. The number of hydrogen-bond acceptors (Lipinski definition) is 2. The summed E-state index contributed by atoms with van der Waals surface area (Å²) in [7, 11) is 0. The van der Waals surface area contributed by atoms with Gasteiger partial charge in [0, 0.05) is 16.0 Å². The Kier molecular flexibility index (Phi) is 5.38. The molecule has 0 atom stereocenters. The highest BCUT2D eigenvalue weighted by molar-refractivity contribution is 9.10. The van der Waals surface area contributed by atoms with Gasteiger partial charge in [0.2, 0.25) is 0 Å². The van der Waals surface area contributed by atoms with Crippen LogP contribution < -0.4 is 0 Å². The Morgan fingerprint density at radius 3 is 2.57 bits per heavy atom. The van der Waals surface area contributed by atoms with Gasteiger partial charge >= 0.3 is 0 Å². The summed E-state index contributed by atoms with van der Waals surface area (Å²) in [5.41, 5.74) is 1.47. The molecule has 2 rings (SSSR count). The summed E-state index contributed by atoms with van der Waals surface area (Å²) in [5.74, 6) is -0.205. The van der Waals surface area contributed by atoms with E-state index in [-0.39, 0.29) is 12.5 Å². The Labute approximate surface area is 136 Å². The molecule has 3 nitrogen and oxygen atoms in total. The molecule has 0 radical (unpaired) electrons. The molecule has 0 aliphatic heterocycles. The van der Waals surface area contributed by atoms with Crippen LogP contribution in [-0.2, 0) is 6.54 Å². The van der Waals surface area contributed by atoms with Crippen molar-refractivity contribution in [3.05, 3.63) is 69.2 Å². The molecule has 5 heteroatoms. The van der Waals surface area contributed by atoms with Crippen molar-refractivity contribution in [1.29, 1.82) is 5.26 Å². The summed E-state index contributed by atoms with van der Waals surface area (Å²) >= 11 is 9.22. The second-order valence-corrected chi connectivity index (χ2v) is 5.72. The maximum Gasteiger partial charge on any atom is 0.256 e. The highest BCUT2D eigenvalue weighted by atomic mass is 79.9. The minimum Gasteiger partial charge on any atom is -0.321 e. The van der Waals surface area contributed by atoms with Crippen LogP contribution in [0.5, 0.6) is 0 Å². The number of nitriles is 1. The molecule has 0 aliphatic carbocycles. The molecule has 0 unspecified atom stereocenters. The minimum absolute atomic E-state index is 0.0305. The number of halogens is 2. The van der Waals surface area contributed by atoms with E-state index in [0.29, 0.717) is 21.6 Å². The first kappa shape index (κ1) is 15.6. The SMILES string of the molecule is N#CCN(Cc1ccccc1)C(=O)c1ccc(Cl)cc1Br. The molecule has 0 N–H and O–H groups in total. The first-order valence-corrected chi connectivity index (χ1v) is 7.44. The topological polar surface area (TPSA) is 44.1 Å². The molecule has 2 aromatic carbocycles. The molecule has 106 valence electrons. The van der Waals surface area contributed by atoms with Crippen LogP contribution in [0.1, 0.15) is 15.9 Å². The zero-order valence-electron chi connectivity index (χ0n) is 11.1. The molecular weight excluding hydrogens is 352 g/mol. The molecule has 2 aromatic rings. The van der Waals surface area contributed by atoms with Crippen LogP contribution in [0.25, 0.3) is 0 Å². The van der Waals surface area contributed by atoms with Crippen molar-refractivity contribution in [3.8, 4) is 6.07 Å². The van der Waals surface area contributed by atoms with E-state index in [1.165, 1.54) is 4.90 Å². The van der Waals surface area contributed by atoms with E-state index in [9.17, 15) is 4.79 Å². The summed E-state index contributed by atoms with van der Waals surface area (Å²) in [6, 6.07) is 16.6. The van der Waals surface area contributed by atoms with Gasteiger partial charge in [0.1, 0.15) is 6.54 Å². The van der Waals surface area contributed by atoms with Crippen LogP contribution in [0.3, 0.4) is 0 Å². The number of hydrogen-bond donors (Lipinski definition) is 0. The van der Waals surface area contributed by atoms with Crippen LogP contribution in [0.15, 0.2) is 53.0 Å². The number of carbonyl (C=O) groups is 1.